The van der Waals surface area contributed by atoms with Crippen molar-refractivity contribution in [3.63, 3.8) is 0 Å². The number of nitrogens with zero attached hydrogens (tertiary/aromatic N) is 2. The topological polar surface area (TPSA) is 107 Å². The number of aliphatic imine (C=N–C) groups is 1. The van der Waals surface area contributed by atoms with Crippen LogP contribution in [0.1, 0.15) is 16.9 Å². The van der Waals surface area contributed by atoms with Crippen molar-refractivity contribution in [2.45, 2.75) is 13.8 Å². The predicted molar refractivity (Wildman–Crippen MR) is 124 cm³/mol. The van der Waals surface area contributed by atoms with Gasteiger partial charge in [0.15, 0.2) is 5.17 Å². The Kier molecular flexibility index (Phi) is 5.83. The van der Waals surface area contributed by atoms with Crippen LogP contribution in [0.15, 0.2) is 62.8 Å². The van der Waals surface area contributed by atoms with Crippen LogP contribution in [0.25, 0.3) is 17.4 Å². The van der Waals surface area contributed by atoms with Crippen molar-refractivity contribution in [3.8, 4) is 17.1 Å². The van der Waals surface area contributed by atoms with E-state index in [1.165, 1.54) is 31.0 Å². The van der Waals surface area contributed by atoms with Crippen LogP contribution in [0.5, 0.6) is 5.75 Å². The zero-order valence-corrected chi connectivity index (χ0v) is 18.4. The van der Waals surface area contributed by atoms with Gasteiger partial charge in [-0.3, -0.25) is 14.9 Å². The molecule has 1 aromatic heterocycles. The molecule has 0 spiro atoms. The summed E-state index contributed by atoms with van der Waals surface area (Å²) in [5.74, 6) is 0.996. The zero-order valence-electron chi connectivity index (χ0n) is 17.5. The van der Waals surface area contributed by atoms with Crippen LogP contribution in [0.4, 0.5) is 11.4 Å². The predicted octanol–water partition coefficient (Wildman–Crippen LogP) is 5.37. The number of thioether (sulfide) groups is 1. The van der Waals surface area contributed by atoms with Crippen LogP contribution < -0.4 is 10.1 Å². The van der Waals surface area contributed by atoms with Crippen LogP contribution in [0.2, 0.25) is 0 Å². The fraction of sp³-hybridized carbons (Fsp3) is 0.130. The normalized spacial score (nSPS) is 15.9. The van der Waals surface area contributed by atoms with Gasteiger partial charge in [0, 0.05) is 12.1 Å². The average molecular weight is 449 g/mol. The second kappa shape index (κ2) is 8.72. The minimum Gasteiger partial charge on any atom is -0.496 e. The van der Waals surface area contributed by atoms with Crippen molar-refractivity contribution >= 4 is 40.3 Å². The summed E-state index contributed by atoms with van der Waals surface area (Å²) in [7, 11) is 1.44. The molecule has 8 nitrogen and oxygen atoms in total. The number of hydrogen-bond donors (Lipinski definition) is 1. The number of hydrogen-bond acceptors (Lipinski definition) is 7. The molecule has 0 aliphatic carbocycles. The first-order chi connectivity index (χ1) is 15.3. The van der Waals surface area contributed by atoms with Gasteiger partial charge < -0.3 is 14.5 Å². The Morgan fingerprint density at radius 2 is 1.97 bits per heavy atom. The standard InChI is InChI=1S/C23H19N3O5S/c1-13-4-5-14(2)18(10-13)24-23-25-22(27)21(32-23)12-16-7-9-19(31-16)17-8-6-15(26(28)29)11-20(17)30-3/h4-12H,1-3H3,(H,24,25,27)/b21-12-. The lowest BCUT2D eigenvalue weighted by Crippen LogP contribution is -2.19. The first kappa shape index (κ1) is 21.4. The zero-order chi connectivity index (χ0) is 22.8. The molecule has 9 heteroatoms. The van der Waals surface area contributed by atoms with E-state index in [1.54, 1.807) is 24.3 Å². The maximum absolute atomic E-state index is 12.4. The Hall–Kier alpha value is -3.85. The van der Waals surface area contributed by atoms with E-state index < -0.39 is 4.92 Å². The van der Waals surface area contributed by atoms with E-state index >= 15 is 0 Å². The van der Waals surface area contributed by atoms with Gasteiger partial charge in [0.25, 0.3) is 11.6 Å². The molecule has 0 radical (unpaired) electrons. The van der Waals surface area contributed by atoms with Gasteiger partial charge in [-0.2, -0.15) is 0 Å². The highest BCUT2D eigenvalue weighted by Gasteiger charge is 2.25. The maximum atomic E-state index is 12.4. The highest BCUT2D eigenvalue weighted by molar-refractivity contribution is 8.18. The molecule has 0 bridgehead atoms. The van der Waals surface area contributed by atoms with Crippen molar-refractivity contribution < 1.29 is 18.9 Å². The van der Waals surface area contributed by atoms with E-state index in [2.05, 4.69) is 10.3 Å². The number of benzene rings is 2. The number of nitrogens with one attached hydrogen (secondary N) is 1. The molecule has 0 saturated carbocycles. The Balaban J connectivity index is 1.58. The third-order valence-corrected chi connectivity index (χ3v) is 5.71. The van der Waals surface area contributed by atoms with E-state index in [4.69, 9.17) is 9.15 Å². The quantitative estimate of drug-likeness (QED) is 0.319. The van der Waals surface area contributed by atoms with Crippen LogP contribution in [-0.2, 0) is 4.79 Å². The molecular formula is C23H19N3O5S. The molecule has 1 fully saturated rings. The molecule has 3 aromatic rings. The van der Waals surface area contributed by atoms with Crippen molar-refractivity contribution in [3.05, 3.63) is 80.4 Å². The van der Waals surface area contributed by atoms with Gasteiger partial charge in [0.05, 0.1) is 34.3 Å². The van der Waals surface area contributed by atoms with Gasteiger partial charge in [-0.05, 0) is 61.0 Å². The number of amides is 1. The van der Waals surface area contributed by atoms with E-state index in [9.17, 15) is 14.9 Å². The molecule has 1 aliphatic rings. The number of rotatable bonds is 5. The lowest BCUT2D eigenvalue weighted by Gasteiger charge is -2.05. The van der Waals surface area contributed by atoms with Gasteiger partial charge in [-0.1, -0.05) is 12.1 Å². The number of carbonyl (C=O) groups is 1. The number of methoxy groups -OCH3 is 1. The summed E-state index contributed by atoms with van der Waals surface area (Å²) >= 11 is 1.23. The summed E-state index contributed by atoms with van der Waals surface area (Å²) in [6.45, 7) is 3.96. The Bertz CT molecular complexity index is 1290. The summed E-state index contributed by atoms with van der Waals surface area (Å²) in [5, 5.41) is 14.3. The summed E-state index contributed by atoms with van der Waals surface area (Å²) in [5.41, 5.74) is 3.41. The SMILES string of the molecule is COc1cc([N+](=O)[O-])ccc1-c1ccc(/C=C2\SC(=Nc3cc(C)ccc3C)NC2=O)o1. The van der Waals surface area contributed by atoms with Crippen molar-refractivity contribution in [2.75, 3.05) is 7.11 Å². The van der Waals surface area contributed by atoms with E-state index in [0.29, 0.717) is 32.9 Å². The number of aryl methyl sites for hydroxylation is 2. The fourth-order valence-corrected chi connectivity index (χ4v) is 3.95. The maximum Gasteiger partial charge on any atom is 0.273 e. The first-order valence-corrected chi connectivity index (χ1v) is 10.4. The molecule has 0 atom stereocenters. The lowest BCUT2D eigenvalue weighted by atomic mass is 10.1. The van der Waals surface area contributed by atoms with Gasteiger partial charge in [-0.25, -0.2) is 4.99 Å². The first-order valence-electron chi connectivity index (χ1n) is 9.63. The highest BCUT2D eigenvalue weighted by atomic mass is 32.2. The number of nitro benzene ring substituents is 1. The Labute approximate surface area is 188 Å². The van der Waals surface area contributed by atoms with Gasteiger partial charge in [0.2, 0.25) is 0 Å². The van der Waals surface area contributed by atoms with Gasteiger partial charge in [-0.15, -0.1) is 0 Å². The van der Waals surface area contributed by atoms with Crippen LogP contribution in [-0.4, -0.2) is 23.1 Å². The number of amidine groups is 1. The Morgan fingerprint density at radius 3 is 2.72 bits per heavy atom. The lowest BCUT2D eigenvalue weighted by molar-refractivity contribution is -0.384. The van der Waals surface area contributed by atoms with Gasteiger partial charge >= 0.3 is 0 Å². The minimum atomic E-state index is -0.488. The molecular weight excluding hydrogens is 430 g/mol. The largest absolute Gasteiger partial charge is 0.496 e. The molecule has 2 heterocycles. The summed E-state index contributed by atoms with van der Waals surface area (Å²) in [6.07, 6.45) is 1.63. The second-order valence-corrected chi connectivity index (χ2v) is 8.15. The molecule has 1 amide bonds. The molecule has 1 saturated heterocycles. The van der Waals surface area contributed by atoms with E-state index in [1.807, 2.05) is 32.0 Å². The number of carbonyl (C=O) groups excluding carboxylic acids is 1. The monoisotopic (exact) mass is 449 g/mol. The molecule has 2 aromatic carbocycles. The molecule has 0 unspecified atom stereocenters. The summed E-state index contributed by atoms with van der Waals surface area (Å²) < 4.78 is 11.1. The summed E-state index contributed by atoms with van der Waals surface area (Å²) in [4.78, 5) is 27.9. The average Bonchev–Trinajstić information content (AvgIpc) is 3.37. The molecule has 1 N–H and O–H groups in total. The smallest absolute Gasteiger partial charge is 0.273 e. The Morgan fingerprint density at radius 1 is 1.16 bits per heavy atom. The van der Waals surface area contributed by atoms with Crippen LogP contribution in [0, 0.1) is 24.0 Å². The summed E-state index contributed by atoms with van der Waals surface area (Å²) in [6, 6.07) is 13.7. The van der Waals surface area contributed by atoms with Gasteiger partial charge in [0.1, 0.15) is 17.3 Å². The second-order valence-electron chi connectivity index (χ2n) is 7.12. The fourth-order valence-electron chi connectivity index (χ4n) is 3.13. The van der Waals surface area contributed by atoms with Crippen LogP contribution >= 0.6 is 11.8 Å². The number of non-ortho nitro benzene ring substituents is 1. The molecule has 32 heavy (non-hydrogen) atoms. The van der Waals surface area contributed by atoms with E-state index in [-0.39, 0.29) is 11.6 Å². The van der Waals surface area contributed by atoms with Crippen molar-refractivity contribution in [2.24, 2.45) is 4.99 Å². The van der Waals surface area contributed by atoms with E-state index in [0.717, 1.165) is 16.8 Å². The van der Waals surface area contributed by atoms with Crippen LogP contribution in [0.3, 0.4) is 0 Å². The number of nitro groups is 1. The third kappa shape index (κ3) is 4.42. The molecule has 162 valence electrons. The number of furan rings is 1. The minimum absolute atomic E-state index is 0.0748. The molecule has 1 aliphatic heterocycles. The molecule has 4 rings (SSSR count). The van der Waals surface area contributed by atoms with Crippen molar-refractivity contribution in [1.82, 2.24) is 5.32 Å². The third-order valence-electron chi connectivity index (χ3n) is 4.80. The number of ether oxygens (including phenoxy) is 1. The van der Waals surface area contributed by atoms with Crippen molar-refractivity contribution in [1.29, 1.82) is 0 Å². The highest BCUT2D eigenvalue weighted by Crippen LogP contribution is 2.35.